The van der Waals surface area contributed by atoms with Crippen molar-refractivity contribution >= 4 is 5.91 Å². The summed E-state index contributed by atoms with van der Waals surface area (Å²) >= 11 is 0. The van der Waals surface area contributed by atoms with Crippen LogP contribution in [0.25, 0.3) is 11.3 Å². The number of H-pyrrole nitrogens is 1. The lowest BCUT2D eigenvalue weighted by Crippen LogP contribution is -2.31. The van der Waals surface area contributed by atoms with Crippen LogP contribution in [0.15, 0.2) is 54.6 Å². The van der Waals surface area contributed by atoms with Crippen LogP contribution in [-0.4, -0.2) is 47.3 Å². The number of nitrogens with zero attached hydrogens (tertiary/aromatic N) is 2. The first-order chi connectivity index (χ1) is 13.6. The molecule has 1 aliphatic rings. The van der Waals surface area contributed by atoms with E-state index in [2.05, 4.69) is 10.2 Å². The zero-order chi connectivity index (χ0) is 19.5. The molecule has 1 aromatic heterocycles. The highest BCUT2D eigenvalue weighted by Crippen LogP contribution is 2.25. The molecule has 0 bridgehead atoms. The zero-order valence-electron chi connectivity index (χ0n) is 15.4. The molecule has 6 nitrogen and oxygen atoms in total. The number of carbonyl (C=O) groups is 1. The molecule has 0 saturated carbocycles. The Kier molecular flexibility index (Phi) is 4.97. The molecule has 1 saturated heterocycles. The Morgan fingerprint density at radius 3 is 2.89 bits per heavy atom. The van der Waals surface area contributed by atoms with Crippen molar-refractivity contribution in [3.63, 3.8) is 0 Å². The number of likely N-dealkylation sites (tertiary alicyclic amines) is 1. The average molecular weight is 381 g/mol. The second-order valence-electron chi connectivity index (χ2n) is 6.61. The van der Waals surface area contributed by atoms with Crippen LogP contribution in [0.4, 0.5) is 4.39 Å². The normalized spacial score (nSPS) is 16.2. The third kappa shape index (κ3) is 3.69. The minimum Gasteiger partial charge on any atom is -0.497 e. The molecule has 1 unspecified atom stereocenters. The number of ether oxygens (including phenoxy) is 2. The van der Waals surface area contributed by atoms with Crippen molar-refractivity contribution in [2.75, 3.05) is 20.2 Å². The number of para-hydroxylation sites is 1. The molecule has 7 heteroatoms. The standard InChI is InChI=1S/C21H20FN3O3/c1-27-15-6-4-5-14(11-15)18-12-19(24-23-18)21(26)25-10-9-16(13-25)28-20-8-3-2-7-17(20)22/h2-8,11-12,16H,9-10,13H2,1H3,(H,23,24). The van der Waals surface area contributed by atoms with Gasteiger partial charge in [0.2, 0.25) is 0 Å². The van der Waals surface area contributed by atoms with E-state index >= 15 is 0 Å². The molecule has 2 heterocycles. The van der Waals surface area contributed by atoms with E-state index in [-0.39, 0.29) is 17.8 Å². The van der Waals surface area contributed by atoms with E-state index in [1.165, 1.54) is 6.07 Å². The Bertz CT molecular complexity index is 988. The predicted molar refractivity (Wildman–Crippen MR) is 102 cm³/mol. The molecule has 4 rings (SSSR count). The van der Waals surface area contributed by atoms with Crippen LogP contribution < -0.4 is 9.47 Å². The Balaban J connectivity index is 1.43. The highest BCUT2D eigenvalue weighted by Gasteiger charge is 2.29. The fourth-order valence-corrected chi connectivity index (χ4v) is 3.26. The number of rotatable bonds is 5. The lowest BCUT2D eigenvalue weighted by molar-refractivity contribution is 0.0765. The quantitative estimate of drug-likeness (QED) is 0.734. The number of hydrogen-bond acceptors (Lipinski definition) is 4. The fourth-order valence-electron chi connectivity index (χ4n) is 3.26. The third-order valence-corrected chi connectivity index (χ3v) is 4.74. The van der Waals surface area contributed by atoms with Crippen LogP contribution >= 0.6 is 0 Å². The summed E-state index contributed by atoms with van der Waals surface area (Å²) in [5.74, 6) is 0.384. The minimum atomic E-state index is -0.399. The van der Waals surface area contributed by atoms with E-state index in [9.17, 15) is 9.18 Å². The van der Waals surface area contributed by atoms with Crippen LogP contribution in [0, 0.1) is 5.82 Å². The lowest BCUT2D eigenvalue weighted by Gasteiger charge is -2.16. The lowest BCUT2D eigenvalue weighted by atomic mass is 10.1. The second-order valence-corrected chi connectivity index (χ2v) is 6.61. The van der Waals surface area contributed by atoms with Gasteiger partial charge >= 0.3 is 0 Å². The highest BCUT2D eigenvalue weighted by atomic mass is 19.1. The first kappa shape index (κ1) is 18.0. The summed E-state index contributed by atoms with van der Waals surface area (Å²) in [5.41, 5.74) is 1.93. The first-order valence-corrected chi connectivity index (χ1v) is 9.04. The van der Waals surface area contributed by atoms with Crippen molar-refractivity contribution in [3.05, 3.63) is 66.1 Å². The van der Waals surface area contributed by atoms with Gasteiger partial charge in [-0.25, -0.2) is 4.39 Å². The molecule has 2 aromatic carbocycles. The molecule has 1 amide bonds. The van der Waals surface area contributed by atoms with Gasteiger partial charge in [0.05, 0.1) is 19.3 Å². The van der Waals surface area contributed by atoms with Gasteiger partial charge in [-0.2, -0.15) is 5.10 Å². The maximum atomic E-state index is 13.8. The summed E-state index contributed by atoms with van der Waals surface area (Å²) in [6.07, 6.45) is 0.415. The van der Waals surface area contributed by atoms with Gasteiger partial charge in [0.1, 0.15) is 17.5 Å². The Hall–Kier alpha value is -3.35. The Morgan fingerprint density at radius 1 is 1.21 bits per heavy atom. The van der Waals surface area contributed by atoms with Gasteiger partial charge < -0.3 is 14.4 Å². The number of aromatic amines is 1. The molecule has 1 fully saturated rings. The van der Waals surface area contributed by atoms with E-state index in [4.69, 9.17) is 9.47 Å². The summed E-state index contributed by atoms with van der Waals surface area (Å²) in [6.45, 7) is 0.951. The van der Waals surface area contributed by atoms with E-state index in [1.807, 2.05) is 24.3 Å². The van der Waals surface area contributed by atoms with Gasteiger partial charge in [0.15, 0.2) is 11.6 Å². The van der Waals surface area contributed by atoms with Crippen LogP contribution in [0.5, 0.6) is 11.5 Å². The number of amides is 1. The van der Waals surface area contributed by atoms with Gasteiger partial charge in [-0.3, -0.25) is 9.89 Å². The summed E-state index contributed by atoms with van der Waals surface area (Å²) in [4.78, 5) is 14.5. The molecule has 1 aliphatic heterocycles. The topological polar surface area (TPSA) is 67.4 Å². The van der Waals surface area contributed by atoms with Crippen LogP contribution in [0.2, 0.25) is 0 Å². The van der Waals surface area contributed by atoms with Crippen molar-refractivity contribution < 1.29 is 18.7 Å². The summed E-state index contributed by atoms with van der Waals surface area (Å²) in [7, 11) is 1.60. The van der Waals surface area contributed by atoms with Crippen molar-refractivity contribution in [3.8, 4) is 22.8 Å². The largest absolute Gasteiger partial charge is 0.497 e. The molecule has 3 aromatic rings. The maximum absolute atomic E-state index is 13.8. The van der Waals surface area contributed by atoms with Crippen LogP contribution in [0.1, 0.15) is 16.9 Å². The summed E-state index contributed by atoms with van der Waals surface area (Å²) < 4.78 is 24.7. The molecule has 0 spiro atoms. The second kappa shape index (κ2) is 7.72. The van der Waals surface area contributed by atoms with Crippen LogP contribution in [0.3, 0.4) is 0 Å². The molecule has 0 radical (unpaired) electrons. The number of carbonyl (C=O) groups excluding carboxylic acids is 1. The summed E-state index contributed by atoms with van der Waals surface area (Å²) in [6, 6.07) is 15.5. The molecule has 1 atom stereocenters. The number of nitrogens with one attached hydrogen (secondary N) is 1. The molecule has 1 N–H and O–H groups in total. The number of benzene rings is 2. The average Bonchev–Trinajstić information content (AvgIpc) is 3.39. The third-order valence-electron chi connectivity index (χ3n) is 4.74. The van der Waals surface area contributed by atoms with Gasteiger partial charge in [-0.15, -0.1) is 0 Å². The molecular formula is C21H20FN3O3. The molecule has 28 heavy (non-hydrogen) atoms. The smallest absolute Gasteiger partial charge is 0.272 e. The summed E-state index contributed by atoms with van der Waals surface area (Å²) in [5, 5.41) is 7.05. The molecule has 0 aliphatic carbocycles. The SMILES string of the molecule is COc1cccc(-c2cc(C(=O)N3CCC(Oc4ccccc4F)C3)[nH]n2)c1. The van der Waals surface area contributed by atoms with Crippen LogP contribution in [-0.2, 0) is 0 Å². The van der Waals surface area contributed by atoms with Gasteiger partial charge in [-0.1, -0.05) is 24.3 Å². The van der Waals surface area contributed by atoms with E-state index in [0.29, 0.717) is 30.9 Å². The first-order valence-electron chi connectivity index (χ1n) is 9.04. The molecule has 144 valence electrons. The van der Waals surface area contributed by atoms with Crippen molar-refractivity contribution in [1.29, 1.82) is 0 Å². The highest BCUT2D eigenvalue weighted by molar-refractivity contribution is 5.93. The van der Waals surface area contributed by atoms with E-state index in [0.717, 1.165) is 11.3 Å². The monoisotopic (exact) mass is 381 g/mol. The van der Waals surface area contributed by atoms with E-state index < -0.39 is 5.82 Å². The Labute approximate surface area is 161 Å². The van der Waals surface area contributed by atoms with Crippen molar-refractivity contribution in [2.45, 2.75) is 12.5 Å². The van der Waals surface area contributed by atoms with Gasteiger partial charge in [0.25, 0.3) is 5.91 Å². The fraction of sp³-hybridized carbons (Fsp3) is 0.238. The van der Waals surface area contributed by atoms with Crippen molar-refractivity contribution in [2.24, 2.45) is 0 Å². The molecular weight excluding hydrogens is 361 g/mol. The number of hydrogen-bond donors (Lipinski definition) is 1. The van der Waals surface area contributed by atoms with Gasteiger partial charge in [-0.05, 0) is 30.3 Å². The Morgan fingerprint density at radius 2 is 2.07 bits per heavy atom. The van der Waals surface area contributed by atoms with E-state index in [1.54, 1.807) is 36.3 Å². The zero-order valence-corrected chi connectivity index (χ0v) is 15.4. The number of aromatic nitrogens is 2. The minimum absolute atomic E-state index is 0.152. The van der Waals surface area contributed by atoms with Gasteiger partial charge in [0, 0.05) is 18.5 Å². The number of methoxy groups -OCH3 is 1. The van der Waals surface area contributed by atoms with Crippen molar-refractivity contribution in [1.82, 2.24) is 15.1 Å². The number of halogens is 1. The predicted octanol–water partition coefficient (Wildman–Crippen LogP) is 3.52. The maximum Gasteiger partial charge on any atom is 0.272 e.